The Kier molecular flexibility index (Phi) is 1.69. The van der Waals surface area contributed by atoms with Crippen LogP contribution in [0.25, 0.3) is 0 Å². The molecule has 1 N–H and O–H groups in total. The summed E-state index contributed by atoms with van der Waals surface area (Å²) in [7, 11) is 0. The molecule has 0 spiro atoms. The van der Waals surface area contributed by atoms with E-state index in [1.165, 1.54) is 19.4 Å². The van der Waals surface area contributed by atoms with Gasteiger partial charge in [-0.25, -0.2) is 0 Å². The number of rotatable bonds is 0. The Labute approximate surface area is 45.1 Å². The van der Waals surface area contributed by atoms with E-state index < -0.39 is 0 Å². The highest BCUT2D eigenvalue weighted by Gasteiger charge is 2.05. The Morgan fingerprint density at radius 1 is 1.71 bits per heavy atom. The van der Waals surface area contributed by atoms with Gasteiger partial charge < -0.3 is 5.32 Å². The number of hydrogen-bond acceptors (Lipinski definition) is 1. The molecule has 0 amide bonds. The average molecular weight is 98.2 g/mol. The normalized spacial score (nSPS) is 25.3. The summed E-state index contributed by atoms with van der Waals surface area (Å²) < 4.78 is 0. The quantitative estimate of drug-likeness (QED) is 0.479. The van der Waals surface area contributed by atoms with Crippen molar-refractivity contribution < 1.29 is 0 Å². The molecule has 1 unspecified atom stereocenters. The lowest BCUT2D eigenvalue weighted by Crippen LogP contribution is -2.21. The minimum absolute atomic E-state index is 0.918. The van der Waals surface area contributed by atoms with Crippen molar-refractivity contribution in [3.05, 3.63) is 6.54 Å². The monoisotopic (exact) mass is 98.1 g/mol. The molecule has 0 bridgehead atoms. The van der Waals surface area contributed by atoms with Gasteiger partial charge in [0.2, 0.25) is 0 Å². The fourth-order valence-electron chi connectivity index (χ4n) is 0.834. The molecule has 1 atom stereocenters. The molecule has 0 aliphatic carbocycles. The van der Waals surface area contributed by atoms with Crippen molar-refractivity contribution in [2.24, 2.45) is 5.92 Å². The van der Waals surface area contributed by atoms with Gasteiger partial charge in [0.15, 0.2) is 0 Å². The third-order valence-electron chi connectivity index (χ3n) is 1.45. The first-order valence-electron chi connectivity index (χ1n) is 2.94. The summed E-state index contributed by atoms with van der Waals surface area (Å²) in [6.07, 6.45) is 2.59. The third kappa shape index (κ3) is 1.48. The number of hydrogen-bond donors (Lipinski definition) is 1. The van der Waals surface area contributed by atoms with E-state index in [0.29, 0.717) is 0 Å². The molecule has 1 nitrogen and oxygen atoms in total. The maximum Gasteiger partial charge on any atom is 0.0223 e. The highest BCUT2D eigenvalue weighted by molar-refractivity contribution is 4.72. The van der Waals surface area contributed by atoms with E-state index in [2.05, 4.69) is 18.8 Å². The molecular formula is C6H12N. The summed E-state index contributed by atoms with van der Waals surface area (Å²) in [6, 6.07) is 0. The standard InChI is InChI=1S/C6H12N/c1-6-2-4-7-5-3-6/h4,6-7H,2-3,5H2,1H3. The SMILES string of the molecule is CC1C[CH]NCC1. The third-order valence-corrected chi connectivity index (χ3v) is 1.45. The van der Waals surface area contributed by atoms with Crippen LogP contribution in [0.4, 0.5) is 0 Å². The lowest BCUT2D eigenvalue weighted by molar-refractivity contribution is 0.444. The largest absolute Gasteiger partial charge is 0.312 e. The zero-order chi connectivity index (χ0) is 5.11. The molecule has 1 fully saturated rings. The summed E-state index contributed by atoms with van der Waals surface area (Å²) in [5.74, 6) is 0.918. The Balaban J connectivity index is 2.12. The Morgan fingerprint density at radius 3 is 2.86 bits per heavy atom. The summed E-state index contributed by atoms with van der Waals surface area (Å²) >= 11 is 0. The van der Waals surface area contributed by atoms with Gasteiger partial charge in [-0.05, 0) is 25.3 Å². The van der Waals surface area contributed by atoms with E-state index >= 15 is 0 Å². The topological polar surface area (TPSA) is 12.0 Å². The van der Waals surface area contributed by atoms with Gasteiger partial charge in [0.25, 0.3) is 0 Å². The molecule has 1 heterocycles. The van der Waals surface area contributed by atoms with Crippen LogP contribution in [-0.2, 0) is 0 Å². The lowest BCUT2D eigenvalue weighted by Gasteiger charge is -2.16. The Morgan fingerprint density at radius 2 is 2.57 bits per heavy atom. The van der Waals surface area contributed by atoms with Crippen molar-refractivity contribution in [1.82, 2.24) is 5.32 Å². The molecule has 1 heteroatoms. The van der Waals surface area contributed by atoms with Crippen LogP contribution in [0.1, 0.15) is 19.8 Å². The molecule has 1 rings (SSSR count). The molecule has 1 aliphatic rings. The fourth-order valence-corrected chi connectivity index (χ4v) is 0.834. The van der Waals surface area contributed by atoms with Gasteiger partial charge in [-0.3, -0.25) is 0 Å². The average Bonchev–Trinajstić information content (AvgIpc) is 1.69. The van der Waals surface area contributed by atoms with Crippen LogP contribution in [0.15, 0.2) is 0 Å². The summed E-state index contributed by atoms with van der Waals surface area (Å²) in [5.41, 5.74) is 0. The minimum Gasteiger partial charge on any atom is -0.312 e. The van der Waals surface area contributed by atoms with E-state index in [1.807, 2.05) is 0 Å². The van der Waals surface area contributed by atoms with E-state index in [0.717, 1.165) is 5.92 Å². The highest BCUT2D eigenvalue weighted by atomic mass is 14.9. The first-order valence-corrected chi connectivity index (χ1v) is 2.94. The van der Waals surface area contributed by atoms with Gasteiger partial charge in [-0.1, -0.05) is 6.92 Å². The van der Waals surface area contributed by atoms with Crippen LogP contribution in [0.2, 0.25) is 0 Å². The van der Waals surface area contributed by atoms with Gasteiger partial charge in [-0.2, -0.15) is 0 Å². The molecule has 1 saturated heterocycles. The van der Waals surface area contributed by atoms with Crippen molar-refractivity contribution in [3.8, 4) is 0 Å². The smallest absolute Gasteiger partial charge is 0.0223 e. The van der Waals surface area contributed by atoms with Crippen LogP contribution in [0.3, 0.4) is 0 Å². The second kappa shape index (κ2) is 2.31. The molecule has 1 radical (unpaired) electrons. The van der Waals surface area contributed by atoms with Crippen LogP contribution < -0.4 is 5.32 Å². The minimum atomic E-state index is 0.918. The lowest BCUT2D eigenvalue weighted by atomic mass is 10.0. The van der Waals surface area contributed by atoms with Gasteiger partial charge in [0.05, 0.1) is 0 Å². The molecule has 1 aliphatic heterocycles. The van der Waals surface area contributed by atoms with Crippen LogP contribution in [0, 0.1) is 12.5 Å². The van der Waals surface area contributed by atoms with Crippen LogP contribution in [-0.4, -0.2) is 6.54 Å². The maximum absolute atomic E-state index is 3.19. The Hall–Kier alpha value is -0.0400. The summed E-state index contributed by atoms with van der Waals surface area (Å²) in [6.45, 7) is 5.63. The van der Waals surface area contributed by atoms with Gasteiger partial charge in [0, 0.05) is 6.54 Å². The second-order valence-electron chi connectivity index (χ2n) is 2.29. The van der Waals surface area contributed by atoms with E-state index in [9.17, 15) is 0 Å². The van der Waals surface area contributed by atoms with Crippen LogP contribution in [0.5, 0.6) is 0 Å². The second-order valence-corrected chi connectivity index (χ2v) is 2.29. The fraction of sp³-hybridized carbons (Fsp3) is 0.833. The highest BCUT2D eigenvalue weighted by Crippen LogP contribution is 2.10. The molecular weight excluding hydrogens is 86.1 g/mol. The van der Waals surface area contributed by atoms with Crippen molar-refractivity contribution in [3.63, 3.8) is 0 Å². The van der Waals surface area contributed by atoms with E-state index in [1.54, 1.807) is 0 Å². The first kappa shape index (κ1) is 5.10. The Bertz CT molecular complexity index is 46.1. The summed E-state index contributed by atoms with van der Waals surface area (Å²) in [5, 5.41) is 3.19. The molecule has 41 valence electrons. The zero-order valence-electron chi connectivity index (χ0n) is 4.78. The zero-order valence-corrected chi connectivity index (χ0v) is 4.78. The van der Waals surface area contributed by atoms with Crippen molar-refractivity contribution in [2.75, 3.05) is 6.54 Å². The van der Waals surface area contributed by atoms with Crippen molar-refractivity contribution >= 4 is 0 Å². The van der Waals surface area contributed by atoms with Gasteiger partial charge >= 0.3 is 0 Å². The number of piperidine rings is 1. The predicted molar refractivity (Wildman–Crippen MR) is 30.7 cm³/mol. The first-order chi connectivity index (χ1) is 3.39. The van der Waals surface area contributed by atoms with Crippen molar-refractivity contribution in [2.45, 2.75) is 19.8 Å². The predicted octanol–water partition coefficient (Wildman–Crippen LogP) is 1.17. The summed E-state index contributed by atoms with van der Waals surface area (Å²) in [4.78, 5) is 0. The molecule has 0 aromatic heterocycles. The molecule has 7 heavy (non-hydrogen) atoms. The van der Waals surface area contributed by atoms with E-state index in [4.69, 9.17) is 0 Å². The van der Waals surface area contributed by atoms with Crippen molar-refractivity contribution in [1.29, 1.82) is 0 Å². The van der Waals surface area contributed by atoms with Gasteiger partial charge in [0.1, 0.15) is 0 Å². The molecule has 0 aromatic rings. The van der Waals surface area contributed by atoms with Gasteiger partial charge in [-0.15, -0.1) is 0 Å². The maximum atomic E-state index is 3.19. The molecule has 0 aromatic carbocycles. The molecule has 0 saturated carbocycles. The van der Waals surface area contributed by atoms with Crippen LogP contribution >= 0.6 is 0 Å². The number of nitrogens with one attached hydrogen (secondary N) is 1. The van der Waals surface area contributed by atoms with E-state index in [-0.39, 0.29) is 0 Å².